The fourth-order valence-corrected chi connectivity index (χ4v) is 3.86. The van der Waals surface area contributed by atoms with E-state index in [9.17, 15) is 9.59 Å². The van der Waals surface area contributed by atoms with Crippen LogP contribution in [-0.4, -0.2) is 55.5 Å². The number of benzene rings is 1. The third-order valence-corrected chi connectivity index (χ3v) is 5.46. The first-order chi connectivity index (χ1) is 12.6. The van der Waals surface area contributed by atoms with Crippen LogP contribution in [-0.2, 0) is 9.59 Å². The molecule has 1 heterocycles. The van der Waals surface area contributed by atoms with Gasteiger partial charge in [0.25, 0.3) is 0 Å². The molecule has 142 valence electrons. The lowest BCUT2D eigenvalue weighted by molar-refractivity contribution is -0.132. The number of hydrogen-bond donors (Lipinski definition) is 2. The van der Waals surface area contributed by atoms with Crippen molar-refractivity contribution in [1.29, 1.82) is 0 Å². The van der Waals surface area contributed by atoms with E-state index < -0.39 is 0 Å². The molecule has 0 spiro atoms. The predicted octanol–water partition coefficient (Wildman–Crippen LogP) is 1.36. The highest BCUT2D eigenvalue weighted by atomic mass is 16.2. The number of nitrogens with one attached hydrogen (secondary N) is 1. The van der Waals surface area contributed by atoms with Crippen molar-refractivity contribution in [3.63, 3.8) is 0 Å². The average molecular weight is 358 g/mol. The zero-order chi connectivity index (χ0) is 18.4. The molecule has 1 aromatic carbocycles. The lowest BCUT2D eigenvalue weighted by atomic mass is 10.1. The Labute approximate surface area is 155 Å². The van der Waals surface area contributed by atoms with E-state index in [4.69, 9.17) is 5.73 Å². The van der Waals surface area contributed by atoms with Crippen molar-refractivity contribution in [3.05, 3.63) is 30.3 Å². The quantitative estimate of drug-likeness (QED) is 0.753. The van der Waals surface area contributed by atoms with E-state index in [2.05, 4.69) is 22.3 Å². The van der Waals surface area contributed by atoms with Gasteiger partial charge in [-0.1, -0.05) is 18.2 Å². The fourth-order valence-electron chi connectivity index (χ4n) is 3.86. The van der Waals surface area contributed by atoms with E-state index in [-0.39, 0.29) is 23.8 Å². The molecule has 1 aliphatic heterocycles. The SMILES string of the molecule is NC1CCC(C(=O)NCCCC(=O)N2CCN(c3ccccc3)CC2)C1. The molecule has 6 nitrogen and oxygen atoms in total. The molecule has 3 rings (SSSR count). The van der Waals surface area contributed by atoms with E-state index >= 15 is 0 Å². The van der Waals surface area contributed by atoms with Gasteiger partial charge < -0.3 is 20.9 Å². The van der Waals surface area contributed by atoms with Crippen molar-refractivity contribution in [2.75, 3.05) is 37.6 Å². The van der Waals surface area contributed by atoms with Crippen LogP contribution in [0.1, 0.15) is 32.1 Å². The maximum absolute atomic E-state index is 12.4. The van der Waals surface area contributed by atoms with Gasteiger partial charge in [-0.25, -0.2) is 0 Å². The molecule has 2 amide bonds. The summed E-state index contributed by atoms with van der Waals surface area (Å²) in [6, 6.07) is 10.5. The van der Waals surface area contributed by atoms with Crippen LogP contribution in [0.5, 0.6) is 0 Å². The van der Waals surface area contributed by atoms with Crippen LogP contribution < -0.4 is 16.0 Å². The van der Waals surface area contributed by atoms with E-state index in [1.165, 1.54) is 5.69 Å². The number of piperazine rings is 1. The molecular formula is C20H30N4O2. The Morgan fingerprint density at radius 3 is 2.46 bits per heavy atom. The van der Waals surface area contributed by atoms with Crippen LogP contribution in [0, 0.1) is 5.92 Å². The van der Waals surface area contributed by atoms with Crippen LogP contribution >= 0.6 is 0 Å². The van der Waals surface area contributed by atoms with Gasteiger partial charge in [0.2, 0.25) is 11.8 Å². The molecular weight excluding hydrogens is 328 g/mol. The number of anilines is 1. The minimum Gasteiger partial charge on any atom is -0.368 e. The van der Waals surface area contributed by atoms with Crippen molar-refractivity contribution in [1.82, 2.24) is 10.2 Å². The molecule has 2 aliphatic rings. The Balaban J connectivity index is 1.31. The second-order valence-corrected chi connectivity index (χ2v) is 7.37. The van der Waals surface area contributed by atoms with Gasteiger partial charge in [-0.15, -0.1) is 0 Å². The molecule has 6 heteroatoms. The first-order valence-electron chi connectivity index (χ1n) is 9.74. The molecule has 2 unspecified atom stereocenters. The molecule has 0 aromatic heterocycles. The zero-order valence-electron chi connectivity index (χ0n) is 15.4. The summed E-state index contributed by atoms with van der Waals surface area (Å²) < 4.78 is 0. The number of carbonyl (C=O) groups is 2. The highest BCUT2D eigenvalue weighted by Crippen LogP contribution is 2.24. The van der Waals surface area contributed by atoms with Crippen molar-refractivity contribution in [2.24, 2.45) is 11.7 Å². The summed E-state index contributed by atoms with van der Waals surface area (Å²) in [6.45, 7) is 3.84. The Hall–Kier alpha value is -2.08. The average Bonchev–Trinajstić information content (AvgIpc) is 3.12. The minimum absolute atomic E-state index is 0.0618. The van der Waals surface area contributed by atoms with Gasteiger partial charge in [-0.05, 0) is 37.8 Å². The van der Waals surface area contributed by atoms with Gasteiger partial charge >= 0.3 is 0 Å². The number of nitrogens with zero attached hydrogens (tertiary/aromatic N) is 2. The van der Waals surface area contributed by atoms with Crippen molar-refractivity contribution < 1.29 is 9.59 Å². The fraction of sp³-hybridized carbons (Fsp3) is 0.600. The Morgan fingerprint density at radius 2 is 1.81 bits per heavy atom. The zero-order valence-corrected chi connectivity index (χ0v) is 15.4. The van der Waals surface area contributed by atoms with Crippen LogP contribution in [0.4, 0.5) is 5.69 Å². The molecule has 26 heavy (non-hydrogen) atoms. The van der Waals surface area contributed by atoms with E-state index in [1.807, 2.05) is 23.1 Å². The maximum Gasteiger partial charge on any atom is 0.223 e. The molecule has 0 radical (unpaired) electrons. The van der Waals surface area contributed by atoms with Crippen LogP contribution in [0.25, 0.3) is 0 Å². The van der Waals surface area contributed by atoms with Gasteiger partial charge in [0, 0.05) is 56.8 Å². The lowest BCUT2D eigenvalue weighted by Crippen LogP contribution is -2.48. The van der Waals surface area contributed by atoms with Crippen LogP contribution in [0.3, 0.4) is 0 Å². The lowest BCUT2D eigenvalue weighted by Gasteiger charge is -2.36. The second-order valence-electron chi connectivity index (χ2n) is 7.37. The Morgan fingerprint density at radius 1 is 1.08 bits per heavy atom. The summed E-state index contributed by atoms with van der Waals surface area (Å²) in [6.07, 6.45) is 3.80. The van der Waals surface area contributed by atoms with Crippen molar-refractivity contribution in [2.45, 2.75) is 38.1 Å². The van der Waals surface area contributed by atoms with Gasteiger partial charge in [-0.3, -0.25) is 9.59 Å². The number of carbonyl (C=O) groups excluding carboxylic acids is 2. The van der Waals surface area contributed by atoms with Crippen molar-refractivity contribution >= 4 is 17.5 Å². The second kappa shape index (κ2) is 9.03. The first kappa shape index (κ1) is 18.7. The molecule has 0 bridgehead atoms. The van der Waals surface area contributed by atoms with Gasteiger partial charge in [0.1, 0.15) is 0 Å². The number of para-hydroxylation sites is 1. The van der Waals surface area contributed by atoms with Crippen LogP contribution in [0.15, 0.2) is 30.3 Å². The molecule has 1 saturated heterocycles. The third kappa shape index (κ3) is 4.97. The van der Waals surface area contributed by atoms with Gasteiger partial charge in [-0.2, -0.15) is 0 Å². The molecule has 1 aromatic rings. The number of hydrogen-bond acceptors (Lipinski definition) is 4. The Bertz CT molecular complexity index is 599. The largest absolute Gasteiger partial charge is 0.368 e. The predicted molar refractivity (Wildman–Crippen MR) is 103 cm³/mol. The third-order valence-electron chi connectivity index (χ3n) is 5.46. The molecule has 1 aliphatic carbocycles. The van der Waals surface area contributed by atoms with Crippen LogP contribution in [0.2, 0.25) is 0 Å². The topological polar surface area (TPSA) is 78.7 Å². The smallest absolute Gasteiger partial charge is 0.223 e. The standard InChI is InChI=1S/C20H30N4O2/c21-17-9-8-16(15-17)20(26)22-10-4-7-19(25)24-13-11-23(12-14-24)18-5-2-1-3-6-18/h1-3,5-6,16-17H,4,7-15,21H2,(H,22,26). The van der Waals surface area contributed by atoms with Crippen molar-refractivity contribution in [3.8, 4) is 0 Å². The summed E-state index contributed by atoms with van der Waals surface area (Å²) in [5, 5.41) is 2.96. The summed E-state index contributed by atoms with van der Waals surface area (Å²) in [4.78, 5) is 28.7. The van der Waals surface area contributed by atoms with E-state index in [0.717, 1.165) is 45.4 Å². The minimum atomic E-state index is 0.0618. The van der Waals surface area contributed by atoms with Gasteiger partial charge in [0.15, 0.2) is 0 Å². The monoisotopic (exact) mass is 358 g/mol. The highest BCUT2D eigenvalue weighted by Gasteiger charge is 2.27. The summed E-state index contributed by atoms with van der Waals surface area (Å²) in [5.74, 6) is 0.350. The van der Waals surface area contributed by atoms with Gasteiger partial charge in [0.05, 0.1) is 0 Å². The molecule has 2 atom stereocenters. The van der Waals surface area contributed by atoms with E-state index in [0.29, 0.717) is 19.4 Å². The molecule has 1 saturated carbocycles. The first-order valence-corrected chi connectivity index (χ1v) is 9.74. The number of amides is 2. The summed E-state index contributed by atoms with van der Waals surface area (Å²) >= 11 is 0. The molecule has 2 fully saturated rings. The number of nitrogens with two attached hydrogens (primary N) is 1. The van der Waals surface area contributed by atoms with E-state index in [1.54, 1.807) is 0 Å². The summed E-state index contributed by atoms with van der Waals surface area (Å²) in [5.41, 5.74) is 7.07. The normalized spacial score (nSPS) is 23.1. The maximum atomic E-state index is 12.4. The molecule has 3 N–H and O–H groups in total. The Kier molecular flexibility index (Phi) is 6.50. The number of rotatable bonds is 6. The highest BCUT2D eigenvalue weighted by molar-refractivity contribution is 5.79. The summed E-state index contributed by atoms with van der Waals surface area (Å²) in [7, 11) is 0.